The molecule has 0 fully saturated rings. The van der Waals surface area contributed by atoms with Crippen LogP contribution in [0.3, 0.4) is 0 Å². The molecule has 0 unspecified atom stereocenters. The summed E-state index contributed by atoms with van der Waals surface area (Å²) in [6, 6.07) is 4.95. The summed E-state index contributed by atoms with van der Waals surface area (Å²) in [4.78, 5) is 10.7. The lowest BCUT2D eigenvalue weighted by Crippen LogP contribution is -1.89. The summed E-state index contributed by atoms with van der Waals surface area (Å²) in [6.45, 7) is 3.57. The van der Waals surface area contributed by atoms with Crippen LogP contribution >= 0.6 is 23.2 Å². The Hall–Kier alpha value is -0.790. The van der Waals surface area contributed by atoms with E-state index in [0.29, 0.717) is 10.6 Å². The van der Waals surface area contributed by atoms with Crippen molar-refractivity contribution in [2.75, 3.05) is 0 Å². The van der Waals surface area contributed by atoms with Crippen LogP contribution in [0, 0.1) is 0 Å². The molecule has 1 nitrogen and oxygen atoms in total. The molecule has 0 aromatic heterocycles. The van der Waals surface area contributed by atoms with Gasteiger partial charge in [0.25, 0.3) is 5.24 Å². The first-order valence-electron chi connectivity index (χ1n) is 3.27. The average Bonchev–Trinajstić information content (AvgIpc) is 2.03. The van der Waals surface area contributed by atoms with Crippen molar-refractivity contribution in [2.45, 2.75) is 0 Å². The Bertz CT molecular complexity index is 331. The minimum atomic E-state index is -0.546. The largest absolute Gasteiger partial charge is 0.276 e. The van der Waals surface area contributed by atoms with Crippen LogP contribution < -0.4 is 0 Å². The fourth-order valence-corrected chi connectivity index (χ4v) is 1.31. The van der Waals surface area contributed by atoms with Crippen LogP contribution in [0.15, 0.2) is 24.8 Å². The Labute approximate surface area is 80.6 Å². The van der Waals surface area contributed by atoms with Gasteiger partial charge in [-0.1, -0.05) is 30.3 Å². The second kappa shape index (κ2) is 3.74. The van der Waals surface area contributed by atoms with Crippen molar-refractivity contribution in [2.24, 2.45) is 0 Å². The maximum atomic E-state index is 10.7. The molecule has 0 N–H and O–H groups in total. The van der Waals surface area contributed by atoms with Crippen molar-refractivity contribution in [3.8, 4) is 0 Å². The molecule has 1 rings (SSSR count). The SMILES string of the molecule is C=Cc1ccc(C(=O)Cl)c(Cl)c1. The minimum absolute atomic E-state index is 0.323. The van der Waals surface area contributed by atoms with Gasteiger partial charge in [-0.15, -0.1) is 0 Å². The standard InChI is InChI=1S/C9H6Cl2O/c1-2-6-3-4-7(9(11)12)8(10)5-6/h2-5H,1H2. The van der Waals surface area contributed by atoms with Gasteiger partial charge in [0.1, 0.15) is 0 Å². The highest BCUT2D eigenvalue weighted by molar-refractivity contribution is 6.68. The molecule has 0 atom stereocenters. The predicted molar refractivity (Wildman–Crippen MR) is 51.7 cm³/mol. The van der Waals surface area contributed by atoms with Gasteiger partial charge in [0.15, 0.2) is 0 Å². The Morgan fingerprint density at radius 2 is 2.17 bits per heavy atom. The van der Waals surface area contributed by atoms with Crippen LogP contribution in [0.4, 0.5) is 0 Å². The second-order valence-electron chi connectivity index (χ2n) is 2.22. The Balaban J connectivity index is 3.20. The molecular weight excluding hydrogens is 195 g/mol. The fourth-order valence-electron chi connectivity index (χ4n) is 0.818. The van der Waals surface area contributed by atoms with Crippen LogP contribution in [0.1, 0.15) is 15.9 Å². The van der Waals surface area contributed by atoms with E-state index in [1.54, 1.807) is 24.3 Å². The summed E-state index contributed by atoms with van der Waals surface area (Å²) in [5, 5.41) is -0.192. The highest BCUT2D eigenvalue weighted by Gasteiger charge is 2.06. The maximum Gasteiger partial charge on any atom is 0.253 e. The maximum absolute atomic E-state index is 10.7. The third kappa shape index (κ3) is 1.87. The lowest BCUT2D eigenvalue weighted by Gasteiger charge is -1.98. The van der Waals surface area contributed by atoms with Crippen molar-refractivity contribution in [3.05, 3.63) is 40.9 Å². The quantitative estimate of drug-likeness (QED) is 0.670. The fraction of sp³-hybridized carbons (Fsp3) is 0. The lowest BCUT2D eigenvalue weighted by molar-refractivity contribution is 0.108. The zero-order valence-electron chi connectivity index (χ0n) is 6.18. The molecule has 0 aliphatic heterocycles. The van der Waals surface area contributed by atoms with Crippen molar-refractivity contribution >= 4 is 34.5 Å². The Kier molecular flexibility index (Phi) is 2.90. The third-order valence-corrected chi connectivity index (χ3v) is 1.96. The predicted octanol–water partition coefficient (Wildman–Crippen LogP) is 3.36. The highest BCUT2D eigenvalue weighted by atomic mass is 35.5. The van der Waals surface area contributed by atoms with Gasteiger partial charge in [0, 0.05) is 0 Å². The van der Waals surface area contributed by atoms with Crippen molar-refractivity contribution in [1.82, 2.24) is 0 Å². The number of hydrogen-bond donors (Lipinski definition) is 0. The summed E-state index contributed by atoms with van der Waals surface area (Å²) in [6.07, 6.45) is 1.65. The monoisotopic (exact) mass is 200 g/mol. The van der Waals surface area contributed by atoms with Crippen molar-refractivity contribution in [3.63, 3.8) is 0 Å². The molecule has 0 heterocycles. The number of hydrogen-bond acceptors (Lipinski definition) is 1. The number of carbonyl (C=O) groups is 1. The summed E-state index contributed by atoms with van der Waals surface area (Å²) >= 11 is 11.0. The molecule has 1 aromatic rings. The zero-order chi connectivity index (χ0) is 9.14. The summed E-state index contributed by atoms with van der Waals surface area (Å²) in [7, 11) is 0. The molecule has 0 bridgehead atoms. The first kappa shape index (κ1) is 9.30. The summed E-state index contributed by atoms with van der Waals surface area (Å²) < 4.78 is 0. The van der Waals surface area contributed by atoms with Gasteiger partial charge in [-0.25, -0.2) is 0 Å². The van der Waals surface area contributed by atoms with Crippen molar-refractivity contribution < 1.29 is 4.79 Å². The van der Waals surface area contributed by atoms with Gasteiger partial charge in [0.2, 0.25) is 0 Å². The zero-order valence-corrected chi connectivity index (χ0v) is 7.69. The van der Waals surface area contributed by atoms with E-state index < -0.39 is 5.24 Å². The average molecular weight is 201 g/mol. The van der Waals surface area contributed by atoms with E-state index in [9.17, 15) is 4.79 Å². The van der Waals surface area contributed by atoms with E-state index in [1.165, 1.54) is 0 Å². The van der Waals surface area contributed by atoms with E-state index in [2.05, 4.69) is 6.58 Å². The number of benzene rings is 1. The van der Waals surface area contributed by atoms with Gasteiger partial charge < -0.3 is 0 Å². The molecule has 12 heavy (non-hydrogen) atoms. The summed E-state index contributed by atoms with van der Waals surface area (Å²) in [5.41, 5.74) is 1.19. The number of halogens is 2. The molecule has 0 spiro atoms. The smallest absolute Gasteiger partial charge is 0.253 e. The van der Waals surface area contributed by atoms with Gasteiger partial charge in [-0.3, -0.25) is 4.79 Å². The van der Waals surface area contributed by atoms with Gasteiger partial charge >= 0.3 is 0 Å². The molecule has 1 aromatic carbocycles. The normalized spacial score (nSPS) is 9.50. The van der Waals surface area contributed by atoms with E-state index in [4.69, 9.17) is 23.2 Å². The minimum Gasteiger partial charge on any atom is -0.276 e. The highest BCUT2D eigenvalue weighted by Crippen LogP contribution is 2.19. The van der Waals surface area contributed by atoms with Gasteiger partial charge in [-0.05, 0) is 29.3 Å². The molecule has 0 saturated carbocycles. The molecule has 0 radical (unpaired) electrons. The Morgan fingerprint density at radius 3 is 2.58 bits per heavy atom. The van der Waals surface area contributed by atoms with Crippen LogP contribution in [-0.2, 0) is 0 Å². The molecule has 0 aliphatic carbocycles. The first-order valence-corrected chi connectivity index (χ1v) is 4.02. The van der Waals surface area contributed by atoms with Gasteiger partial charge in [-0.2, -0.15) is 0 Å². The molecule has 3 heteroatoms. The second-order valence-corrected chi connectivity index (χ2v) is 2.97. The summed E-state index contributed by atoms with van der Waals surface area (Å²) in [5.74, 6) is 0. The van der Waals surface area contributed by atoms with Crippen molar-refractivity contribution in [1.29, 1.82) is 0 Å². The lowest BCUT2D eigenvalue weighted by atomic mass is 10.1. The van der Waals surface area contributed by atoms with E-state index >= 15 is 0 Å². The van der Waals surface area contributed by atoms with E-state index in [0.717, 1.165) is 5.56 Å². The topological polar surface area (TPSA) is 17.1 Å². The number of rotatable bonds is 2. The van der Waals surface area contributed by atoms with E-state index in [-0.39, 0.29) is 0 Å². The van der Waals surface area contributed by atoms with Crippen LogP contribution in [-0.4, -0.2) is 5.24 Å². The van der Waals surface area contributed by atoms with Crippen LogP contribution in [0.5, 0.6) is 0 Å². The van der Waals surface area contributed by atoms with Crippen LogP contribution in [0.2, 0.25) is 5.02 Å². The molecule has 62 valence electrons. The van der Waals surface area contributed by atoms with Crippen LogP contribution in [0.25, 0.3) is 6.08 Å². The molecule has 0 aliphatic rings. The number of carbonyl (C=O) groups excluding carboxylic acids is 1. The Morgan fingerprint density at radius 1 is 1.50 bits per heavy atom. The first-order chi connectivity index (χ1) is 5.65. The molecule has 0 amide bonds. The molecule has 0 saturated heterocycles. The third-order valence-electron chi connectivity index (χ3n) is 1.44. The van der Waals surface area contributed by atoms with E-state index in [1.807, 2.05) is 0 Å². The van der Waals surface area contributed by atoms with Gasteiger partial charge in [0.05, 0.1) is 10.6 Å². The molecular formula is C9H6Cl2O.